The van der Waals surface area contributed by atoms with Crippen molar-refractivity contribution in [2.45, 2.75) is 31.9 Å². The van der Waals surface area contributed by atoms with E-state index in [-0.39, 0.29) is 57.0 Å². The maximum absolute atomic E-state index is 13.9. The van der Waals surface area contributed by atoms with Crippen molar-refractivity contribution in [1.29, 1.82) is 0 Å². The fraction of sp³-hybridized carbons (Fsp3) is 0.275. The van der Waals surface area contributed by atoms with Crippen LogP contribution >= 0.6 is 22.6 Å². The standard InChI is InChI=1S/C40H38F3IN2O9/c1-5-53-37(50)39(38(51)54-6-2,27-11-8-7-9-12-27)23-55-33(47)22-25-15-20-31(30(21-25)36(49)46(3)24-44)45-35(48)29-13-10-14-32(52-4)34(29)26-16-18-28(19-17-26)40(41,42)43/h7-21H,5-6,22-24H2,1-4H3,(H,45,48). The van der Waals surface area contributed by atoms with E-state index < -0.39 is 59.9 Å². The summed E-state index contributed by atoms with van der Waals surface area (Å²) in [6, 6.07) is 21.1. The summed E-state index contributed by atoms with van der Waals surface area (Å²) < 4.78 is 61.6. The summed E-state index contributed by atoms with van der Waals surface area (Å²) in [5.41, 5.74) is -1.80. The van der Waals surface area contributed by atoms with Gasteiger partial charge in [-0.3, -0.25) is 24.0 Å². The van der Waals surface area contributed by atoms with Gasteiger partial charge in [-0.25, -0.2) is 0 Å². The Morgan fingerprint density at radius 1 is 0.764 bits per heavy atom. The molecule has 0 heterocycles. The molecule has 0 saturated heterocycles. The van der Waals surface area contributed by atoms with Gasteiger partial charge >= 0.3 is 24.1 Å². The Labute approximate surface area is 329 Å². The topological polar surface area (TPSA) is 138 Å². The van der Waals surface area contributed by atoms with Crippen LogP contribution in [0.15, 0.2) is 91.0 Å². The molecule has 0 aliphatic heterocycles. The van der Waals surface area contributed by atoms with E-state index in [4.69, 9.17) is 18.9 Å². The summed E-state index contributed by atoms with van der Waals surface area (Å²) in [6.45, 7) is 2.30. The molecule has 0 saturated carbocycles. The smallest absolute Gasteiger partial charge is 0.416 e. The van der Waals surface area contributed by atoms with Gasteiger partial charge in [0.2, 0.25) is 5.41 Å². The van der Waals surface area contributed by atoms with Crippen LogP contribution in [0.2, 0.25) is 0 Å². The highest BCUT2D eigenvalue weighted by Gasteiger charge is 2.52. The van der Waals surface area contributed by atoms with Gasteiger partial charge in [0, 0.05) is 12.6 Å². The molecular weight excluding hydrogens is 836 g/mol. The summed E-state index contributed by atoms with van der Waals surface area (Å²) in [4.78, 5) is 68.8. The minimum Gasteiger partial charge on any atom is -0.496 e. The van der Waals surface area contributed by atoms with E-state index in [0.717, 1.165) is 12.1 Å². The van der Waals surface area contributed by atoms with Gasteiger partial charge < -0.3 is 29.2 Å². The molecule has 15 heteroatoms. The number of hydrogen-bond donors (Lipinski definition) is 1. The Balaban J connectivity index is 1.66. The van der Waals surface area contributed by atoms with Crippen LogP contribution in [-0.2, 0) is 46.6 Å². The number of benzene rings is 4. The number of carbonyl (C=O) groups is 5. The maximum atomic E-state index is 13.9. The third-order valence-electron chi connectivity index (χ3n) is 8.39. The predicted molar refractivity (Wildman–Crippen MR) is 205 cm³/mol. The summed E-state index contributed by atoms with van der Waals surface area (Å²) in [5.74, 6) is -3.73. The molecular formula is C40H38F3IN2O9. The lowest BCUT2D eigenvalue weighted by Crippen LogP contribution is -2.50. The summed E-state index contributed by atoms with van der Waals surface area (Å²) >= 11 is 1.99. The van der Waals surface area contributed by atoms with Crippen LogP contribution in [0.1, 0.15) is 51.3 Å². The maximum Gasteiger partial charge on any atom is 0.416 e. The molecule has 0 radical (unpaired) electrons. The van der Waals surface area contributed by atoms with Gasteiger partial charge in [-0.1, -0.05) is 77.2 Å². The van der Waals surface area contributed by atoms with Crippen molar-refractivity contribution >= 4 is 58.0 Å². The first kappa shape index (κ1) is 42.3. The molecule has 290 valence electrons. The number of nitrogens with zero attached hydrogens (tertiary/aromatic N) is 1. The molecule has 0 fully saturated rings. The zero-order chi connectivity index (χ0) is 40.3. The number of methoxy groups -OCH3 is 1. The number of anilines is 1. The number of ether oxygens (including phenoxy) is 4. The lowest BCUT2D eigenvalue weighted by molar-refractivity contribution is -0.170. The average molecular weight is 875 g/mol. The summed E-state index contributed by atoms with van der Waals surface area (Å²) in [5, 5.41) is 2.73. The van der Waals surface area contributed by atoms with E-state index in [0.29, 0.717) is 5.56 Å². The molecule has 0 aromatic heterocycles. The Kier molecular flexibility index (Phi) is 14.4. The van der Waals surface area contributed by atoms with Gasteiger partial charge in [-0.05, 0) is 66.9 Å². The second-order valence-electron chi connectivity index (χ2n) is 12.0. The summed E-state index contributed by atoms with van der Waals surface area (Å²) in [6.07, 6.45) is -4.96. The van der Waals surface area contributed by atoms with E-state index in [2.05, 4.69) is 5.32 Å². The molecule has 4 aromatic carbocycles. The van der Waals surface area contributed by atoms with Crippen molar-refractivity contribution in [2.75, 3.05) is 43.8 Å². The van der Waals surface area contributed by atoms with Crippen LogP contribution in [0.3, 0.4) is 0 Å². The van der Waals surface area contributed by atoms with Crippen molar-refractivity contribution < 1.29 is 56.1 Å². The average Bonchev–Trinajstić information content (AvgIpc) is 3.18. The lowest BCUT2D eigenvalue weighted by atomic mass is 9.81. The Hall–Kier alpha value is -5.45. The fourth-order valence-corrected chi connectivity index (χ4v) is 5.92. The number of esters is 3. The van der Waals surface area contributed by atoms with Crippen LogP contribution in [0.5, 0.6) is 5.75 Å². The number of alkyl halides is 4. The van der Waals surface area contributed by atoms with Gasteiger partial charge in [0.05, 0.1) is 53.7 Å². The van der Waals surface area contributed by atoms with E-state index in [1.807, 2.05) is 22.6 Å². The van der Waals surface area contributed by atoms with E-state index >= 15 is 0 Å². The van der Waals surface area contributed by atoms with E-state index in [9.17, 15) is 37.1 Å². The first-order valence-corrected chi connectivity index (χ1v) is 18.4. The highest BCUT2D eigenvalue weighted by Crippen LogP contribution is 2.37. The first-order chi connectivity index (χ1) is 26.2. The molecule has 11 nitrogen and oxygen atoms in total. The zero-order valence-corrected chi connectivity index (χ0v) is 32.5. The molecule has 4 rings (SSSR count). The Bertz CT molecular complexity index is 2000. The molecule has 55 heavy (non-hydrogen) atoms. The number of nitrogens with one attached hydrogen (secondary N) is 1. The normalized spacial score (nSPS) is 11.3. The van der Waals surface area contributed by atoms with E-state index in [1.165, 1.54) is 60.5 Å². The molecule has 0 bridgehead atoms. The summed E-state index contributed by atoms with van der Waals surface area (Å²) in [7, 11) is 2.90. The minimum atomic E-state index is -4.56. The second kappa shape index (κ2) is 18.7. The highest BCUT2D eigenvalue weighted by molar-refractivity contribution is 14.1. The van der Waals surface area contributed by atoms with Crippen molar-refractivity contribution in [3.05, 3.63) is 119 Å². The molecule has 4 aromatic rings. The molecule has 0 aliphatic rings. The van der Waals surface area contributed by atoms with Crippen LogP contribution in [-0.4, -0.2) is 73.2 Å². The molecule has 0 aliphatic carbocycles. The third kappa shape index (κ3) is 9.81. The number of carbonyl (C=O) groups excluding carboxylic acids is 5. The van der Waals surface area contributed by atoms with Gasteiger partial charge in [-0.15, -0.1) is 0 Å². The highest BCUT2D eigenvalue weighted by atomic mass is 127. The Morgan fingerprint density at radius 3 is 1.96 bits per heavy atom. The largest absolute Gasteiger partial charge is 0.496 e. The van der Waals surface area contributed by atoms with Crippen molar-refractivity contribution in [1.82, 2.24) is 4.90 Å². The van der Waals surface area contributed by atoms with Crippen molar-refractivity contribution in [3.8, 4) is 16.9 Å². The monoisotopic (exact) mass is 874 g/mol. The SMILES string of the molecule is CCOC(=O)C(COC(=O)Cc1ccc(NC(=O)c2cccc(OC)c2-c2ccc(C(F)(F)F)cc2)c(C(=O)N(C)CI)c1)(C(=O)OCC)c1ccccc1. The fourth-order valence-electron chi connectivity index (χ4n) is 5.61. The third-order valence-corrected chi connectivity index (χ3v) is 9.42. The van der Waals surface area contributed by atoms with Gasteiger partial charge in [-0.2, -0.15) is 13.2 Å². The van der Waals surface area contributed by atoms with Crippen molar-refractivity contribution in [2.24, 2.45) is 0 Å². The van der Waals surface area contributed by atoms with Gasteiger partial charge in [0.15, 0.2) is 0 Å². The van der Waals surface area contributed by atoms with Gasteiger partial charge in [0.1, 0.15) is 12.4 Å². The molecule has 0 unspecified atom stereocenters. The molecule has 2 amide bonds. The molecule has 0 spiro atoms. The van der Waals surface area contributed by atoms with E-state index in [1.54, 1.807) is 51.2 Å². The van der Waals surface area contributed by atoms with Gasteiger partial charge in [0.25, 0.3) is 11.8 Å². The van der Waals surface area contributed by atoms with Crippen LogP contribution in [0.25, 0.3) is 11.1 Å². The molecule has 1 N–H and O–H groups in total. The van der Waals surface area contributed by atoms with Crippen LogP contribution in [0.4, 0.5) is 18.9 Å². The minimum absolute atomic E-state index is 0.0217. The van der Waals surface area contributed by atoms with Crippen molar-refractivity contribution in [3.63, 3.8) is 0 Å². The number of amides is 2. The quantitative estimate of drug-likeness (QED) is 0.0327. The zero-order valence-electron chi connectivity index (χ0n) is 30.3. The number of halogens is 4. The van der Waals surface area contributed by atoms with Crippen LogP contribution < -0.4 is 10.1 Å². The number of rotatable bonds is 15. The second-order valence-corrected chi connectivity index (χ2v) is 12.6. The molecule has 0 atom stereocenters. The Morgan fingerprint density at radius 2 is 1.40 bits per heavy atom. The van der Waals surface area contributed by atoms with Crippen LogP contribution in [0, 0.1) is 0 Å². The number of hydrogen-bond acceptors (Lipinski definition) is 9. The predicted octanol–water partition coefficient (Wildman–Crippen LogP) is 7.25. The lowest BCUT2D eigenvalue weighted by Gasteiger charge is -2.29. The first-order valence-electron chi connectivity index (χ1n) is 16.9.